The minimum atomic E-state index is -1.10. The van der Waals surface area contributed by atoms with Crippen molar-refractivity contribution < 1.29 is 9.32 Å². The van der Waals surface area contributed by atoms with E-state index >= 15 is 0 Å². The lowest BCUT2D eigenvalue weighted by Gasteiger charge is -2.55. The molecule has 4 heterocycles. The number of aliphatic hydroxyl groups excluding tert-OH is 1. The van der Waals surface area contributed by atoms with Gasteiger partial charge in [-0.1, -0.05) is 23.7 Å². The van der Waals surface area contributed by atoms with E-state index in [9.17, 15) is 9.32 Å². The summed E-state index contributed by atoms with van der Waals surface area (Å²) in [5, 5.41) is 14.4. The fourth-order valence-electron chi connectivity index (χ4n) is 6.11. The molecule has 2 saturated heterocycles. The summed E-state index contributed by atoms with van der Waals surface area (Å²) in [5.41, 5.74) is 1.97. The molecule has 7 rings (SSSR count). The Balaban J connectivity index is 1.31. The number of benzene rings is 1. The molecule has 176 valence electrons. The van der Waals surface area contributed by atoms with E-state index in [0.717, 1.165) is 72.9 Å². The topological polar surface area (TPSA) is 78.4 Å². The van der Waals surface area contributed by atoms with Crippen LogP contribution in [0.1, 0.15) is 68.5 Å². The third kappa shape index (κ3) is 3.86. The van der Waals surface area contributed by atoms with E-state index in [0.29, 0.717) is 29.6 Å². The van der Waals surface area contributed by atoms with Crippen molar-refractivity contribution in [3.05, 3.63) is 40.5 Å². The number of fused-ring (bicyclic) bond motifs is 3. The number of anilines is 2. The number of piperidine rings is 1. The summed E-state index contributed by atoms with van der Waals surface area (Å²) >= 11 is 6.09. The molecule has 2 unspecified atom stereocenters. The Bertz CT molecular complexity index is 1060. The van der Waals surface area contributed by atoms with Crippen LogP contribution in [0, 0.1) is 0 Å². The molecule has 5 aliphatic rings. The summed E-state index contributed by atoms with van der Waals surface area (Å²) in [6.07, 6.45) is 9.09. The zero-order valence-corrected chi connectivity index (χ0v) is 20.4. The number of aliphatic hydroxyl groups is 1. The maximum atomic E-state index is 13.1. The van der Waals surface area contributed by atoms with Crippen LogP contribution in [0.5, 0.6) is 0 Å². The van der Waals surface area contributed by atoms with Gasteiger partial charge in [-0.15, -0.1) is 0 Å². The summed E-state index contributed by atoms with van der Waals surface area (Å²) in [4.78, 5) is 13.2. The minimum Gasteiger partial charge on any atom is -0.394 e. The second-order valence-corrected chi connectivity index (χ2v) is 12.2. The van der Waals surface area contributed by atoms with E-state index in [1.807, 2.05) is 12.1 Å². The molecule has 2 bridgehead atoms. The molecule has 33 heavy (non-hydrogen) atoms. The largest absolute Gasteiger partial charge is 0.394 e. The fraction of sp³-hybridized carbons (Fsp3) is 0.600. The van der Waals surface area contributed by atoms with E-state index in [-0.39, 0.29) is 12.1 Å². The van der Waals surface area contributed by atoms with Crippen molar-refractivity contribution in [2.75, 3.05) is 22.6 Å². The first-order valence-electron chi connectivity index (χ1n) is 12.3. The molecule has 3 aliphatic heterocycles. The van der Waals surface area contributed by atoms with Gasteiger partial charge in [0.1, 0.15) is 10.7 Å². The number of halogens is 1. The Kier molecular flexibility index (Phi) is 5.62. The highest BCUT2D eigenvalue weighted by atomic mass is 35.5. The lowest BCUT2D eigenvalue weighted by molar-refractivity contribution is 0.143. The van der Waals surface area contributed by atoms with Gasteiger partial charge in [0.25, 0.3) is 0 Å². The Morgan fingerprint density at radius 3 is 2.52 bits per heavy atom. The van der Waals surface area contributed by atoms with Crippen molar-refractivity contribution in [1.82, 2.24) is 9.97 Å². The van der Waals surface area contributed by atoms with Crippen molar-refractivity contribution in [3.63, 3.8) is 0 Å². The molecule has 1 aromatic carbocycles. The van der Waals surface area contributed by atoms with Crippen LogP contribution in [-0.2, 0) is 17.2 Å². The number of hydrogen-bond acceptors (Lipinski definition) is 6. The SMILES string of the molecule is O=[S@@]1CCCCc2nc(N3C4CC(c5ccc(Cl)cc5)CC3C4)nc(NC3(CO)CCC3)c21. The van der Waals surface area contributed by atoms with E-state index in [4.69, 9.17) is 21.6 Å². The van der Waals surface area contributed by atoms with Gasteiger partial charge < -0.3 is 15.3 Å². The number of hydrogen-bond donors (Lipinski definition) is 2. The van der Waals surface area contributed by atoms with Crippen LogP contribution in [0.15, 0.2) is 29.2 Å². The molecule has 2 aliphatic carbocycles. The first-order valence-corrected chi connectivity index (χ1v) is 14.0. The monoisotopic (exact) mass is 486 g/mol. The Morgan fingerprint density at radius 1 is 1.09 bits per heavy atom. The van der Waals surface area contributed by atoms with E-state index in [1.54, 1.807) is 0 Å². The van der Waals surface area contributed by atoms with Crippen LogP contribution in [0.3, 0.4) is 0 Å². The lowest BCUT2D eigenvalue weighted by Crippen LogP contribution is -2.61. The van der Waals surface area contributed by atoms with Gasteiger partial charge in [-0.05, 0) is 81.4 Å². The zero-order chi connectivity index (χ0) is 22.6. The van der Waals surface area contributed by atoms with Crippen LogP contribution < -0.4 is 10.2 Å². The number of aromatic nitrogens is 2. The highest BCUT2D eigenvalue weighted by Gasteiger charge is 2.47. The summed E-state index contributed by atoms with van der Waals surface area (Å²) < 4.78 is 13.1. The van der Waals surface area contributed by atoms with Crippen molar-refractivity contribution >= 4 is 34.2 Å². The molecule has 1 aromatic heterocycles. The molecule has 0 radical (unpaired) electrons. The normalized spacial score (nSPS) is 29.9. The van der Waals surface area contributed by atoms with Gasteiger partial charge in [-0.25, -0.2) is 4.98 Å². The third-order valence-electron chi connectivity index (χ3n) is 8.16. The van der Waals surface area contributed by atoms with Crippen LogP contribution in [0.4, 0.5) is 11.8 Å². The predicted molar refractivity (Wildman–Crippen MR) is 132 cm³/mol. The third-order valence-corrected chi connectivity index (χ3v) is 9.95. The molecule has 2 N–H and O–H groups in total. The summed E-state index contributed by atoms with van der Waals surface area (Å²) in [5.74, 6) is 2.68. The maximum Gasteiger partial charge on any atom is 0.228 e. The molecule has 0 amide bonds. The quantitative estimate of drug-likeness (QED) is 0.651. The Labute approximate surface area is 202 Å². The lowest BCUT2D eigenvalue weighted by atomic mass is 9.71. The summed E-state index contributed by atoms with van der Waals surface area (Å²) in [6.45, 7) is 0.0749. The minimum absolute atomic E-state index is 0.0749. The van der Waals surface area contributed by atoms with Crippen molar-refractivity contribution in [2.24, 2.45) is 0 Å². The highest BCUT2D eigenvalue weighted by Crippen LogP contribution is 2.48. The molecule has 3 atom stereocenters. The second kappa shape index (κ2) is 8.51. The van der Waals surface area contributed by atoms with Crippen LogP contribution >= 0.6 is 11.6 Å². The van der Waals surface area contributed by atoms with Gasteiger partial charge in [0, 0.05) is 22.9 Å². The second-order valence-electron chi connectivity index (χ2n) is 10.2. The average molecular weight is 487 g/mol. The van der Waals surface area contributed by atoms with Gasteiger partial charge in [-0.3, -0.25) is 4.21 Å². The van der Waals surface area contributed by atoms with Gasteiger partial charge in [0.05, 0.1) is 28.6 Å². The Hall–Kier alpha value is -1.70. The standard InChI is InChI=1S/C25H31ClN4O2S/c26-18-7-5-16(6-8-18)17-12-19-14-20(13-17)30(19)24-27-21-4-1-2-11-33(32)22(21)23(28-24)29-25(15-31)9-3-10-25/h5-8,17,19-20,31H,1-4,9-15H2,(H,27,28,29)/t17?,19?,20?,33-/m1/s1. The van der Waals surface area contributed by atoms with Gasteiger partial charge in [0.15, 0.2) is 0 Å². The van der Waals surface area contributed by atoms with Gasteiger partial charge in [-0.2, -0.15) is 4.98 Å². The molecule has 2 saturated carbocycles. The Morgan fingerprint density at radius 2 is 1.85 bits per heavy atom. The van der Waals surface area contributed by atoms with E-state index < -0.39 is 10.8 Å². The highest BCUT2D eigenvalue weighted by molar-refractivity contribution is 7.85. The first-order chi connectivity index (χ1) is 16.0. The first kappa shape index (κ1) is 21.8. The van der Waals surface area contributed by atoms with Gasteiger partial charge in [0.2, 0.25) is 5.95 Å². The number of nitrogens with zero attached hydrogens (tertiary/aromatic N) is 3. The molecule has 4 fully saturated rings. The summed E-state index contributed by atoms with van der Waals surface area (Å²) in [7, 11) is -1.10. The number of rotatable bonds is 5. The van der Waals surface area contributed by atoms with E-state index in [1.165, 1.54) is 12.0 Å². The van der Waals surface area contributed by atoms with Crippen molar-refractivity contribution in [3.8, 4) is 0 Å². The predicted octanol–water partition coefficient (Wildman–Crippen LogP) is 4.43. The molecule has 2 aromatic rings. The molecule has 8 heteroatoms. The van der Waals surface area contributed by atoms with Gasteiger partial charge >= 0.3 is 0 Å². The zero-order valence-electron chi connectivity index (χ0n) is 18.8. The van der Waals surface area contributed by atoms with E-state index in [2.05, 4.69) is 22.3 Å². The number of aryl methyl sites for hydroxylation is 1. The molecule has 6 nitrogen and oxygen atoms in total. The fourth-order valence-corrected chi connectivity index (χ4v) is 7.62. The van der Waals surface area contributed by atoms with Crippen LogP contribution in [0.25, 0.3) is 0 Å². The number of nitrogens with one attached hydrogen (secondary N) is 1. The maximum absolute atomic E-state index is 13.1. The van der Waals surface area contributed by atoms with Crippen LogP contribution in [-0.4, -0.2) is 49.3 Å². The average Bonchev–Trinajstić information content (AvgIpc) is 2.98. The molecular weight excluding hydrogens is 456 g/mol. The molecular formula is C25H31ClN4O2S. The van der Waals surface area contributed by atoms with Crippen LogP contribution in [0.2, 0.25) is 5.02 Å². The summed E-state index contributed by atoms with van der Waals surface area (Å²) in [6, 6.07) is 9.15. The van der Waals surface area contributed by atoms with Crippen molar-refractivity contribution in [1.29, 1.82) is 0 Å². The van der Waals surface area contributed by atoms with Crippen molar-refractivity contribution in [2.45, 2.75) is 86.2 Å². The smallest absolute Gasteiger partial charge is 0.228 e. The molecule has 0 spiro atoms.